The summed E-state index contributed by atoms with van der Waals surface area (Å²) in [5.41, 5.74) is 2.62. The molecule has 1 N–H and O–H groups in total. The molecule has 0 radical (unpaired) electrons. The molecule has 6 nitrogen and oxygen atoms in total. The molecular weight excluding hydrogens is 386 g/mol. The van der Waals surface area contributed by atoms with Crippen LogP contribution in [0.2, 0.25) is 0 Å². The van der Waals surface area contributed by atoms with Crippen molar-refractivity contribution in [2.24, 2.45) is 5.92 Å². The van der Waals surface area contributed by atoms with Gasteiger partial charge in [0.1, 0.15) is 17.7 Å². The number of aldehydes is 1. The molecule has 0 saturated heterocycles. The van der Waals surface area contributed by atoms with E-state index in [1.807, 2.05) is 31.2 Å². The van der Waals surface area contributed by atoms with Crippen molar-refractivity contribution >= 4 is 39.4 Å². The van der Waals surface area contributed by atoms with E-state index in [1.54, 1.807) is 24.5 Å². The van der Waals surface area contributed by atoms with Crippen LogP contribution in [-0.2, 0) is 4.79 Å². The second kappa shape index (κ2) is 8.29. The predicted molar refractivity (Wildman–Crippen MR) is 114 cm³/mol. The van der Waals surface area contributed by atoms with E-state index in [0.29, 0.717) is 23.0 Å². The Kier molecular flexibility index (Phi) is 5.58. The Hall–Kier alpha value is -2.80. The summed E-state index contributed by atoms with van der Waals surface area (Å²) in [5.74, 6) is 0.880. The molecule has 7 heteroatoms. The Labute approximate surface area is 173 Å². The van der Waals surface area contributed by atoms with Crippen LogP contribution in [0.3, 0.4) is 0 Å². The van der Waals surface area contributed by atoms with Crippen LogP contribution in [0, 0.1) is 12.8 Å². The highest BCUT2D eigenvalue weighted by molar-refractivity contribution is 7.18. The van der Waals surface area contributed by atoms with E-state index in [2.05, 4.69) is 10.3 Å². The lowest BCUT2D eigenvalue weighted by Crippen LogP contribution is -2.14. The number of benzene rings is 1. The molecule has 0 aliphatic heterocycles. The molecule has 1 saturated carbocycles. The minimum atomic E-state index is -0.275. The summed E-state index contributed by atoms with van der Waals surface area (Å²) >= 11 is 1.65. The van der Waals surface area contributed by atoms with Crippen molar-refractivity contribution in [3.63, 3.8) is 0 Å². The fourth-order valence-corrected chi connectivity index (χ4v) is 4.93. The van der Waals surface area contributed by atoms with Gasteiger partial charge in [0, 0.05) is 23.6 Å². The van der Waals surface area contributed by atoms with E-state index in [0.717, 1.165) is 52.9 Å². The van der Waals surface area contributed by atoms with E-state index < -0.39 is 0 Å². The third-order valence-corrected chi connectivity index (χ3v) is 6.59. The first-order chi connectivity index (χ1) is 14.1. The Morgan fingerprint density at radius 2 is 2.00 bits per heavy atom. The molecular formula is C22H23N3O3S. The molecule has 1 fully saturated rings. The largest absolute Gasteiger partial charge is 0.494 e. The van der Waals surface area contributed by atoms with Gasteiger partial charge in [-0.25, -0.2) is 9.97 Å². The van der Waals surface area contributed by atoms with Crippen molar-refractivity contribution in [2.45, 2.75) is 38.5 Å². The topological polar surface area (TPSA) is 81.2 Å². The molecule has 0 spiro atoms. The molecule has 2 aromatic heterocycles. The van der Waals surface area contributed by atoms with Gasteiger partial charge < -0.3 is 14.8 Å². The predicted octanol–water partition coefficient (Wildman–Crippen LogP) is 4.73. The van der Waals surface area contributed by atoms with Gasteiger partial charge >= 0.3 is 0 Å². The van der Waals surface area contributed by atoms with Gasteiger partial charge in [-0.2, -0.15) is 0 Å². The Morgan fingerprint density at radius 3 is 2.69 bits per heavy atom. The van der Waals surface area contributed by atoms with E-state index in [4.69, 9.17) is 9.72 Å². The highest BCUT2D eigenvalue weighted by Gasteiger charge is 2.25. The van der Waals surface area contributed by atoms with Gasteiger partial charge in [0.25, 0.3) is 5.91 Å². The lowest BCUT2D eigenvalue weighted by atomic mass is 9.83. The number of aromatic nitrogens is 2. The van der Waals surface area contributed by atoms with Gasteiger partial charge in [0.2, 0.25) is 0 Å². The van der Waals surface area contributed by atoms with Crippen molar-refractivity contribution in [1.82, 2.24) is 9.97 Å². The highest BCUT2D eigenvalue weighted by Crippen LogP contribution is 2.40. The zero-order chi connectivity index (χ0) is 20.4. The summed E-state index contributed by atoms with van der Waals surface area (Å²) in [6.07, 6.45) is 4.92. The number of anilines is 1. The molecule has 0 unspecified atom stereocenters. The second-order valence-corrected chi connectivity index (χ2v) is 8.50. The summed E-state index contributed by atoms with van der Waals surface area (Å²) in [5, 5.41) is 4.01. The second-order valence-electron chi connectivity index (χ2n) is 7.44. The van der Waals surface area contributed by atoms with Crippen LogP contribution >= 0.6 is 11.3 Å². The summed E-state index contributed by atoms with van der Waals surface area (Å²) in [7, 11) is 1.58. The quantitative estimate of drug-likeness (QED) is 0.616. The molecule has 0 atom stereocenters. The molecule has 1 aromatic carbocycles. The number of carbonyl (C=O) groups excluding carboxylic acids is 2. The minimum absolute atomic E-state index is 0.192. The Balaban J connectivity index is 1.60. The number of methoxy groups -OCH3 is 1. The number of fused-ring (bicyclic) bond motifs is 1. The number of rotatable bonds is 5. The zero-order valence-electron chi connectivity index (χ0n) is 16.5. The van der Waals surface area contributed by atoms with Gasteiger partial charge in [-0.1, -0.05) is 6.07 Å². The van der Waals surface area contributed by atoms with Crippen LogP contribution in [0.25, 0.3) is 10.2 Å². The molecule has 0 bridgehead atoms. The number of nitrogens with one attached hydrogen (secondary N) is 1. The number of ether oxygens (including phenoxy) is 1. The maximum atomic E-state index is 12.6. The number of hydrogen-bond acceptors (Lipinski definition) is 6. The van der Waals surface area contributed by atoms with E-state index in [9.17, 15) is 9.59 Å². The average Bonchev–Trinajstić information content (AvgIpc) is 3.16. The molecule has 150 valence electrons. The normalized spacial score (nSPS) is 19.1. The number of hydrogen-bond donors (Lipinski definition) is 1. The van der Waals surface area contributed by atoms with Gasteiger partial charge in [0.15, 0.2) is 0 Å². The zero-order valence-corrected chi connectivity index (χ0v) is 17.3. The first kappa shape index (κ1) is 19.5. The number of aryl methyl sites for hydroxylation is 1. The van der Waals surface area contributed by atoms with Crippen molar-refractivity contribution in [2.75, 3.05) is 12.4 Å². The fraction of sp³-hybridized carbons (Fsp3) is 0.364. The van der Waals surface area contributed by atoms with Gasteiger partial charge in [-0.05, 0) is 50.8 Å². The van der Waals surface area contributed by atoms with E-state index >= 15 is 0 Å². The van der Waals surface area contributed by atoms with Crippen LogP contribution in [0.4, 0.5) is 5.69 Å². The van der Waals surface area contributed by atoms with E-state index in [1.165, 1.54) is 0 Å². The molecule has 1 aliphatic carbocycles. The van der Waals surface area contributed by atoms with Crippen molar-refractivity contribution < 1.29 is 14.3 Å². The minimum Gasteiger partial charge on any atom is -0.494 e. The van der Waals surface area contributed by atoms with Gasteiger partial charge in [0.05, 0.1) is 28.0 Å². The Morgan fingerprint density at radius 1 is 1.21 bits per heavy atom. The summed E-state index contributed by atoms with van der Waals surface area (Å²) in [6.45, 7) is 1.85. The van der Waals surface area contributed by atoms with Crippen molar-refractivity contribution in [1.29, 1.82) is 0 Å². The average molecular weight is 410 g/mol. The molecule has 2 heterocycles. The summed E-state index contributed by atoms with van der Waals surface area (Å²) in [6, 6.07) is 9.14. The molecule has 1 amide bonds. The molecule has 3 aromatic rings. The molecule has 29 heavy (non-hydrogen) atoms. The van der Waals surface area contributed by atoms with Crippen LogP contribution in [0.5, 0.6) is 5.75 Å². The number of amides is 1. The monoisotopic (exact) mass is 409 g/mol. The van der Waals surface area contributed by atoms with Crippen LogP contribution < -0.4 is 10.1 Å². The number of carbonyl (C=O) groups is 2. The number of pyridine rings is 1. The van der Waals surface area contributed by atoms with Gasteiger partial charge in [-0.3, -0.25) is 4.79 Å². The summed E-state index contributed by atoms with van der Waals surface area (Å²) in [4.78, 5) is 32.7. The maximum Gasteiger partial charge on any atom is 0.274 e. The molecule has 1 aliphatic rings. The third kappa shape index (κ3) is 4.15. The van der Waals surface area contributed by atoms with Gasteiger partial charge in [-0.15, -0.1) is 11.3 Å². The summed E-state index contributed by atoms with van der Waals surface area (Å²) < 4.78 is 6.49. The lowest BCUT2D eigenvalue weighted by molar-refractivity contribution is -0.111. The first-order valence-corrected chi connectivity index (χ1v) is 10.6. The maximum absolute atomic E-state index is 12.6. The molecule has 4 rings (SSSR count). The van der Waals surface area contributed by atoms with Crippen LogP contribution in [0.1, 0.15) is 52.8 Å². The smallest absolute Gasteiger partial charge is 0.274 e. The number of thiazole rings is 1. The van der Waals surface area contributed by atoms with E-state index in [-0.39, 0.29) is 11.8 Å². The first-order valence-electron chi connectivity index (χ1n) is 9.76. The van der Waals surface area contributed by atoms with Crippen molar-refractivity contribution in [3.05, 3.63) is 46.7 Å². The number of nitrogens with zero attached hydrogens (tertiary/aromatic N) is 2. The van der Waals surface area contributed by atoms with Crippen LogP contribution in [-0.4, -0.2) is 29.3 Å². The highest BCUT2D eigenvalue weighted by atomic mass is 32.1. The third-order valence-electron chi connectivity index (χ3n) is 5.41. The standard InChI is InChI=1S/C22H23N3O3S/c1-13-4-3-5-16(23-13)21(27)24-17-11-20-18(10-19(17)28-2)25-22(29-20)15-8-6-14(12-26)7-9-15/h3-5,10-12,14-15H,6-9H2,1-2H3,(H,24,27). The van der Waals surface area contributed by atoms with Crippen LogP contribution in [0.15, 0.2) is 30.3 Å². The Bertz CT molecular complexity index is 1050. The lowest BCUT2D eigenvalue weighted by Gasteiger charge is -2.23. The fourth-order valence-electron chi connectivity index (χ4n) is 3.77. The van der Waals surface area contributed by atoms with Crippen molar-refractivity contribution in [3.8, 4) is 5.75 Å². The SMILES string of the molecule is COc1cc2nc(C3CCC(C=O)CC3)sc2cc1NC(=O)c1cccc(C)n1.